The summed E-state index contributed by atoms with van der Waals surface area (Å²) < 4.78 is 23.6. The van der Waals surface area contributed by atoms with E-state index in [0.29, 0.717) is 25.2 Å². The number of ether oxygens (including phenoxy) is 4. The van der Waals surface area contributed by atoms with Crippen LogP contribution in [0.1, 0.15) is 92.7 Å². The zero-order chi connectivity index (χ0) is 31.6. The first-order valence-electron chi connectivity index (χ1n) is 14.4. The fraction of sp³-hybridized carbons (Fsp3) is 0.600. The molecule has 0 saturated carbocycles. The van der Waals surface area contributed by atoms with E-state index in [2.05, 4.69) is 10.1 Å². The zero-order valence-corrected chi connectivity index (χ0v) is 25.8. The van der Waals surface area contributed by atoms with E-state index in [1.807, 2.05) is 22.9 Å². The number of hydroxylamine groups is 2. The predicted molar refractivity (Wildman–Crippen MR) is 154 cm³/mol. The van der Waals surface area contributed by atoms with Crippen LogP contribution in [-0.4, -0.2) is 68.2 Å². The van der Waals surface area contributed by atoms with E-state index in [1.54, 1.807) is 53.9 Å². The van der Waals surface area contributed by atoms with Gasteiger partial charge in [0, 0.05) is 19.2 Å². The number of hydrogen-bond donors (Lipinski definition) is 0. The molecule has 2 amide bonds. The van der Waals surface area contributed by atoms with Gasteiger partial charge in [0.1, 0.15) is 22.7 Å². The summed E-state index contributed by atoms with van der Waals surface area (Å²) >= 11 is 0. The van der Waals surface area contributed by atoms with Crippen molar-refractivity contribution in [2.45, 2.75) is 104 Å². The molecule has 1 saturated heterocycles. The van der Waals surface area contributed by atoms with Gasteiger partial charge in [-0.25, -0.2) is 14.3 Å². The largest absolute Gasteiger partial charge is 0.534 e. The molecule has 1 aliphatic heterocycles. The van der Waals surface area contributed by atoms with E-state index >= 15 is 0 Å². The Bertz CT molecular complexity index is 1240. The zero-order valence-electron chi connectivity index (χ0n) is 25.8. The third kappa shape index (κ3) is 11.3. The highest BCUT2D eigenvalue weighted by atomic mass is 16.8. The Balaban J connectivity index is 1.44. The summed E-state index contributed by atoms with van der Waals surface area (Å²) in [5, 5.41) is 4.55. The number of hydrogen-bond acceptors (Lipinski definition) is 11. The molecule has 3 rings (SSSR count). The second-order valence-corrected chi connectivity index (χ2v) is 12.1. The molecule has 1 aliphatic rings. The summed E-state index contributed by atoms with van der Waals surface area (Å²) in [5.41, 5.74) is -0.277. The molecule has 0 radical (unpaired) electrons. The molecule has 1 atom stereocenters. The number of ketones is 1. The Morgan fingerprint density at radius 3 is 2.37 bits per heavy atom. The average Bonchev–Trinajstić information content (AvgIpc) is 3.40. The quantitative estimate of drug-likeness (QED) is 0.141. The number of unbranched alkanes of at least 4 members (excludes halogenated alkanes) is 1. The van der Waals surface area contributed by atoms with Crippen LogP contribution in [0.4, 0.5) is 9.59 Å². The number of Topliss-reactive ketones (excluding diaryl/α,β-unsaturated/α-hetero) is 1. The minimum absolute atomic E-state index is 0.0636. The van der Waals surface area contributed by atoms with E-state index in [0.717, 1.165) is 37.3 Å². The van der Waals surface area contributed by atoms with Gasteiger partial charge in [0.05, 0.1) is 30.6 Å². The van der Waals surface area contributed by atoms with Crippen molar-refractivity contribution in [2.24, 2.45) is 0 Å². The average molecular weight is 603 g/mol. The van der Waals surface area contributed by atoms with Gasteiger partial charge in [-0.15, -0.1) is 0 Å². The van der Waals surface area contributed by atoms with Crippen LogP contribution in [0.15, 0.2) is 30.6 Å². The monoisotopic (exact) mass is 602 g/mol. The summed E-state index contributed by atoms with van der Waals surface area (Å²) in [6.07, 6.45) is 4.23. The molecule has 43 heavy (non-hydrogen) atoms. The van der Waals surface area contributed by atoms with Gasteiger partial charge < -0.3 is 18.9 Å². The van der Waals surface area contributed by atoms with Crippen molar-refractivity contribution in [3.05, 3.63) is 30.6 Å². The molecule has 0 bridgehead atoms. The number of aromatic nitrogens is 3. The SMILES string of the molecule is CC(C)(C)OC(=O)ON(C(=O)CC(=O)CCCCOc1ccc(-c2ccnn2C2CCCCO2)nc1)C(=O)OC(C)(C)C. The van der Waals surface area contributed by atoms with Crippen molar-refractivity contribution in [2.75, 3.05) is 13.2 Å². The Kier molecular flexibility index (Phi) is 11.6. The third-order valence-corrected chi connectivity index (χ3v) is 5.91. The molecule has 236 valence electrons. The van der Waals surface area contributed by atoms with Crippen molar-refractivity contribution in [3.63, 3.8) is 0 Å². The molecule has 0 aromatic carbocycles. The number of pyridine rings is 1. The first-order chi connectivity index (χ1) is 20.2. The summed E-state index contributed by atoms with van der Waals surface area (Å²) in [6, 6.07) is 5.58. The molecule has 2 aromatic rings. The van der Waals surface area contributed by atoms with Gasteiger partial charge in [0.15, 0.2) is 6.23 Å². The van der Waals surface area contributed by atoms with Crippen molar-refractivity contribution < 1.29 is 43.0 Å². The van der Waals surface area contributed by atoms with Gasteiger partial charge in [0.2, 0.25) is 0 Å². The minimum Gasteiger partial charge on any atom is -0.492 e. The maximum atomic E-state index is 12.7. The maximum absolute atomic E-state index is 12.7. The first-order valence-corrected chi connectivity index (χ1v) is 14.4. The lowest BCUT2D eigenvalue weighted by molar-refractivity contribution is -0.171. The van der Waals surface area contributed by atoms with Crippen molar-refractivity contribution in [3.8, 4) is 17.1 Å². The lowest BCUT2D eigenvalue weighted by Gasteiger charge is -2.26. The fourth-order valence-electron chi connectivity index (χ4n) is 4.06. The van der Waals surface area contributed by atoms with Crippen LogP contribution in [0.3, 0.4) is 0 Å². The van der Waals surface area contributed by atoms with Crippen LogP contribution in [0.5, 0.6) is 5.75 Å². The second-order valence-electron chi connectivity index (χ2n) is 12.1. The highest BCUT2D eigenvalue weighted by Gasteiger charge is 2.34. The maximum Gasteiger partial charge on any atom is 0.534 e. The van der Waals surface area contributed by atoms with Gasteiger partial charge in [-0.05, 0) is 91.8 Å². The van der Waals surface area contributed by atoms with E-state index in [4.69, 9.17) is 23.8 Å². The van der Waals surface area contributed by atoms with Crippen molar-refractivity contribution >= 4 is 23.9 Å². The standard InChI is InChI=1S/C30H42N4O9/c1-29(2,3)41-27(37)34(43-28(38)42-30(4,5)6)25(36)19-21(35)11-7-9-17-39-22-13-14-23(31-20-22)24-15-16-32-33(24)26-12-8-10-18-40-26/h13-16,20,26H,7-12,17-19H2,1-6H3. The number of nitrogens with zero attached hydrogens (tertiary/aromatic N) is 4. The van der Waals surface area contributed by atoms with Gasteiger partial charge in [-0.2, -0.15) is 5.10 Å². The van der Waals surface area contributed by atoms with Gasteiger partial charge in [-0.3, -0.25) is 19.4 Å². The Morgan fingerprint density at radius 2 is 1.74 bits per heavy atom. The first kappa shape index (κ1) is 33.5. The topological polar surface area (TPSA) is 148 Å². The Morgan fingerprint density at radius 1 is 1.00 bits per heavy atom. The van der Waals surface area contributed by atoms with Crippen molar-refractivity contribution in [1.29, 1.82) is 0 Å². The number of imide groups is 1. The number of amides is 2. The van der Waals surface area contributed by atoms with E-state index in [-0.39, 0.29) is 17.7 Å². The molecule has 1 unspecified atom stereocenters. The van der Waals surface area contributed by atoms with Gasteiger partial charge >= 0.3 is 12.2 Å². The lowest BCUT2D eigenvalue weighted by atomic mass is 10.1. The Labute approximate surface area is 251 Å². The van der Waals surface area contributed by atoms with Crippen LogP contribution < -0.4 is 4.74 Å². The third-order valence-electron chi connectivity index (χ3n) is 5.91. The van der Waals surface area contributed by atoms with Crippen LogP contribution >= 0.6 is 0 Å². The highest BCUT2D eigenvalue weighted by Crippen LogP contribution is 2.28. The molecule has 0 spiro atoms. The molecule has 0 N–H and O–H groups in total. The second kappa shape index (κ2) is 14.9. The smallest absolute Gasteiger partial charge is 0.492 e. The van der Waals surface area contributed by atoms with Crippen LogP contribution in [0.25, 0.3) is 11.4 Å². The van der Waals surface area contributed by atoms with E-state index < -0.39 is 41.6 Å². The number of rotatable bonds is 10. The normalized spacial score (nSPS) is 15.3. The highest BCUT2D eigenvalue weighted by molar-refractivity contribution is 6.03. The number of carbonyl (C=O) groups is 4. The molecular weight excluding hydrogens is 560 g/mol. The summed E-state index contributed by atoms with van der Waals surface area (Å²) in [6.45, 7) is 10.6. The minimum atomic E-state index is -1.28. The molecule has 3 heterocycles. The molecule has 13 heteroatoms. The van der Waals surface area contributed by atoms with Gasteiger partial charge in [-0.1, -0.05) is 5.06 Å². The number of carbonyl (C=O) groups excluding carboxylic acids is 4. The van der Waals surface area contributed by atoms with Crippen LogP contribution in [-0.2, 0) is 28.6 Å². The molecule has 2 aromatic heterocycles. The van der Waals surface area contributed by atoms with Crippen LogP contribution in [0, 0.1) is 0 Å². The molecule has 0 aliphatic carbocycles. The summed E-state index contributed by atoms with van der Waals surface area (Å²) in [5.74, 6) is -0.891. The van der Waals surface area contributed by atoms with E-state index in [1.165, 1.54) is 0 Å². The van der Waals surface area contributed by atoms with Crippen molar-refractivity contribution in [1.82, 2.24) is 19.8 Å². The van der Waals surface area contributed by atoms with Crippen LogP contribution in [0.2, 0.25) is 0 Å². The Hall–Kier alpha value is -4.00. The van der Waals surface area contributed by atoms with Gasteiger partial charge in [0.25, 0.3) is 5.91 Å². The molecule has 13 nitrogen and oxygen atoms in total. The lowest BCUT2D eigenvalue weighted by Crippen LogP contribution is -2.43. The summed E-state index contributed by atoms with van der Waals surface area (Å²) in [4.78, 5) is 59.1. The van der Waals surface area contributed by atoms with E-state index in [9.17, 15) is 19.2 Å². The molecular formula is C30H42N4O9. The fourth-order valence-corrected chi connectivity index (χ4v) is 4.06. The molecule has 1 fully saturated rings. The summed E-state index contributed by atoms with van der Waals surface area (Å²) in [7, 11) is 0. The predicted octanol–water partition coefficient (Wildman–Crippen LogP) is 5.78.